The summed E-state index contributed by atoms with van der Waals surface area (Å²) in [7, 11) is -3.66. The summed E-state index contributed by atoms with van der Waals surface area (Å²) in [6.45, 7) is 3.57. The Morgan fingerprint density at radius 2 is 1.79 bits per heavy atom. The van der Waals surface area contributed by atoms with Crippen molar-refractivity contribution in [2.45, 2.75) is 20.3 Å². The second-order valence-corrected chi connectivity index (χ2v) is 6.70. The molecule has 0 aliphatic carbocycles. The van der Waals surface area contributed by atoms with E-state index in [-0.39, 0.29) is 11.7 Å². The summed E-state index contributed by atoms with van der Waals surface area (Å²) < 4.78 is 50.2. The molecule has 0 radical (unpaired) electrons. The second-order valence-electron chi connectivity index (χ2n) is 4.59. The van der Waals surface area contributed by atoms with Crippen LogP contribution in [-0.2, 0) is 9.84 Å². The highest BCUT2D eigenvalue weighted by atomic mass is 32.2. The van der Waals surface area contributed by atoms with Crippen molar-refractivity contribution in [3.63, 3.8) is 0 Å². The molecule has 0 N–H and O–H groups in total. The van der Waals surface area contributed by atoms with Gasteiger partial charge < -0.3 is 0 Å². The molecule has 0 aliphatic heterocycles. The lowest BCUT2D eigenvalue weighted by Gasteiger charge is -2.09. The van der Waals surface area contributed by atoms with Gasteiger partial charge in [-0.15, -0.1) is 0 Å². The fraction of sp³-hybridized carbons (Fsp3) is 0.462. The van der Waals surface area contributed by atoms with Gasteiger partial charge in [-0.05, 0) is 18.1 Å². The van der Waals surface area contributed by atoms with Crippen molar-refractivity contribution >= 4 is 15.6 Å². The first-order chi connectivity index (χ1) is 8.76. The van der Waals surface area contributed by atoms with E-state index in [1.807, 2.05) is 6.92 Å². The number of benzene rings is 1. The lowest BCUT2D eigenvalue weighted by atomic mass is 10.1. The fourth-order valence-corrected chi connectivity index (χ4v) is 3.41. The van der Waals surface area contributed by atoms with Gasteiger partial charge in [-0.1, -0.05) is 26.3 Å². The molecule has 6 heteroatoms. The van der Waals surface area contributed by atoms with Crippen LogP contribution in [0.25, 0.3) is 0 Å². The Balaban J connectivity index is 2.91. The molecule has 1 aromatic carbocycles. The number of hydrogen-bond donors (Lipinski definition) is 0. The molecule has 19 heavy (non-hydrogen) atoms. The molecular formula is C13H16F2O3S. The monoisotopic (exact) mass is 290 g/mol. The number of Topliss-reactive ketones (excluding diaryl/α,β-unsaturated/α-hetero) is 1. The minimum Gasteiger partial charge on any atom is -0.293 e. The second kappa shape index (κ2) is 6.23. The van der Waals surface area contributed by atoms with E-state index in [4.69, 9.17) is 0 Å². The van der Waals surface area contributed by atoms with E-state index in [0.29, 0.717) is 6.42 Å². The van der Waals surface area contributed by atoms with Gasteiger partial charge in [-0.3, -0.25) is 4.79 Å². The van der Waals surface area contributed by atoms with Crippen molar-refractivity contribution in [3.05, 3.63) is 35.4 Å². The van der Waals surface area contributed by atoms with Crippen molar-refractivity contribution in [1.29, 1.82) is 0 Å². The van der Waals surface area contributed by atoms with Crippen LogP contribution in [0.3, 0.4) is 0 Å². The van der Waals surface area contributed by atoms with Gasteiger partial charge in [-0.2, -0.15) is 0 Å². The molecule has 0 fully saturated rings. The Hall–Kier alpha value is -1.30. The maximum absolute atomic E-state index is 13.3. The molecule has 0 heterocycles. The number of hydrogen-bond acceptors (Lipinski definition) is 3. The average molecular weight is 290 g/mol. The number of ketones is 1. The van der Waals surface area contributed by atoms with Crippen LogP contribution in [0.2, 0.25) is 0 Å². The lowest BCUT2D eigenvalue weighted by Crippen LogP contribution is -2.23. The molecule has 0 saturated carbocycles. The van der Waals surface area contributed by atoms with Crippen molar-refractivity contribution < 1.29 is 22.0 Å². The third-order valence-electron chi connectivity index (χ3n) is 2.83. The Labute approximate surface area is 111 Å². The summed E-state index contributed by atoms with van der Waals surface area (Å²) in [5.41, 5.74) is -0.782. The Bertz CT molecular complexity index is 547. The quantitative estimate of drug-likeness (QED) is 0.757. The zero-order valence-electron chi connectivity index (χ0n) is 10.8. The fourth-order valence-electron chi connectivity index (χ4n) is 1.65. The van der Waals surface area contributed by atoms with Gasteiger partial charge in [0.15, 0.2) is 15.6 Å². The highest BCUT2D eigenvalue weighted by Crippen LogP contribution is 2.15. The average Bonchev–Trinajstić information content (AvgIpc) is 2.27. The predicted molar refractivity (Wildman–Crippen MR) is 68.8 cm³/mol. The van der Waals surface area contributed by atoms with Crippen LogP contribution in [0.4, 0.5) is 8.78 Å². The normalized spacial score (nSPS) is 13.3. The Morgan fingerprint density at radius 1 is 1.26 bits per heavy atom. The highest BCUT2D eigenvalue weighted by molar-refractivity contribution is 7.92. The molecule has 1 unspecified atom stereocenters. The van der Waals surface area contributed by atoms with Crippen molar-refractivity contribution in [3.8, 4) is 0 Å². The first-order valence-corrected chi connectivity index (χ1v) is 7.76. The first-order valence-electron chi connectivity index (χ1n) is 5.94. The van der Waals surface area contributed by atoms with Gasteiger partial charge in [0.05, 0.1) is 11.3 Å². The molecule has 1 rings (SSSR count). The van der Waals surface area contributed by atoms with Crippen molar-refractivity contribution in [2.24, 2.45) is 5.92 Å². The topological polar surface area (TPSA) is 51.2 Å². The molecule has 106 valence electrons. The van der Waals surface area contributed by atoms with E-state index in [1.165, 1.54) is 0 Å². The van der Waals surface area contributed by atoms with Gasteiger partial charge in [-0.25, -0.2) is 17.2 Å². The van der Waals surface area contributed by atoms with Gasteiger partial charge >= 0.3 is 0 Å². The van der Waals surface area contributed by atoms with E-state index in [2.05, 4.69) is 0 Å². The smallest absolute Gasteiger partial charge is 0.183 e. The first kappa shape index (κ1) is 15.8. The van der Waals surface area contributed by atoms with Crippen molar-refractivity contribution in [2.75, 3.05) is 11.5 Å². The Morgan fingerprint density at radius 3 is 2.26 bits per heavy atom. The predicted octanol–water partition coefficient (Wildman–Crippen LogP) is 2.61. The van der Waals surface area contributed by atoms with Crippen LogP contribution in [0.1, 0.15) is 30.6 Å². The molecule has 0 aliphatic rings. The Kier molecular flexibility index (Phi) is 5.17. The van der Waals surface area contributed by atoms with Crippen LogP contribution in [0, 0.1) is 17.6 Å². The number of halogens is 2. The molecule has 0 aromatic heterocycles. The maximum atomic E-state index is 13.3. The largest absolute Gasteiger partial charge is 0.293 e. The summed E-state index contributed by atoms with van der Waals surface area (Å²) in [4.78, 5) is 11.7. The number of rotatable bonds is 6. The standard InChI is InChI=1S/C13H16F2O3S/c1-3-9(2)7-19(17,18)8-12(16)13-10(14)5-4-6-11(13)15/h4-6,9H,3,7-8H2,1-2H3. The van der Waals surface area contributed by atoms with Crippen LogP contribution in [0.15, 0.2) is 18.2 Å². The zero-order valence-corrected chi connectivity index (χ0v) is 11.6. The van der Waals surface area contributed by atoms with Gasteiger partial charge in [0.1, 0.15) is 17.4 Å². The third kappa shape index (κ3) is 4.38. The van der Waals surface area contributed by atoms with Crippen molar-refractivity contribution in [1.82, 2.24) is 0 Å². The highest BCUT2D eigenvalue weighted by Gasteiger charge is 2.24. The summed E-state index contributed by atoms with van der Waals surface area (Å²) in [6, 6.07) is 2.98. The van der Waals surface area contributed by atoms with E-state index in [0.717, 1.165) is 18.2 Å². The summed E-state index contributed by atoms with van der Waals surface area (Å²) in [5, 5.41) is 0. The number of carbonyl (C=O) groups is 1. The lowest BCUT2D eigenvalue weighted by molar-refractivity contribution is 0.101. The summed E-state index contributed by atoms with van der Waals surface area (Å²) in [5.74, 6) is -4.24. The number of sulfone groups is 1. The maximum Gasteiger partial charge on any atom is 0.183 e. The minimum absolute atomic E-state index is 0.0942. The van der Waals surface area contributed by atoms with Crippen LogP contribution in [-0.4, -0.2) is 25.7 Å². The molecule has 0 amide bonds. The molecule has 1 aromatic rings. The van der Waals surface area contributed by atoms with Gasteiger partial charge in [0.2, 0.25) is 0 Å². The molecular weight excluding hydrogens is 274 g/mol. The molecule has 3 nitrogen and oxygen atoms in total. The van der Waals surface area contributed by atoms with E-state index in [9.17, 15) is 22.0 Å². The molecule has 0 spiro atoms. The van der Waals surface area contributed by atoms with Gasteiger partial charge in [0.25, 0.3) is 0 Å². The van der Waals surface area contributed by atoms with E-state index >= 15 is 0 Å². The third-order valence-corrected chi connectivity index (χ3v) is 4.61. The molecule has 1 atom stereocenters. The number of carbonyl (C=O) groups excluding carboxylic acids is 1. The minimum atomic E-state index is -3.66. The van der Waals surface area contributed by atoms with E-state index in [1.54, 1.807) is 6.92 Å². The summed E-state index contributed by atoms with van der Waals surface area (Å²) in [6.07, 6.45) is 0.654. The summed E-state index contributed by atoms with van der Waals surface area (Å²) >= 11 is 0. The van der Waals surface area contributed by atoms with Crippen LogP contribution < -0.4 is 0 Å². The SMILES string of the molecule is CCC(C)CS(=O)(=O)CC(=O)c1c(F)cccc1F. The molecule has 0 saturated heterocycles. The van der Waals surface area contributed by atoms with Gasteiger partial charge in [0, 0.05) is 0 Å². The molecule has 0 bridgehead atoms. The van der Waals surface area contributed by atoms with Crippen LogP contribution in [0.5, 0.6) is 0 Å². The zero-order chi connectivity index (χ0) is 14.6. The van der Waals surface area contributed by atoms with Crippen LogP contribution >= 0.6 is 0 Å². The van der Waals surface area contributed by atoms with E-state index < -0.39 is 38.6 Å².